The van der Waals surface area contributed by atoms with Gasteiger partial charge in [0, 0.05) is 4.47 Å². The molecule has 0 aliphatic carbocycles. The molecule has 2 rings (SSSR count). The SMILES string of the molecule is O=C(Oc1ccc(Br)cc1Cl)c1cccs1. The number of carbonyl (C=O) groups is 1. The molecule has 0 saturated carbocycles. The molecule has 0 spiro atoms. The van der Waals surface area contributed by atoms with Crippen molar-refractivity contribution in [3.05, 3.63) is 50.1 Å². The third-order valence-electron chi connectivity index (χ3n) is 1.82. The van der Waals surface area contributed by atoms with Crippen molar-refractivity contribution in [1.82, 2.24) is 0 Å². The zero-order valence-corrected chi connectivity index (χ0v) is 11.1. The first-order valence-corrected chi connectivity index (χ1v) is 6.42. The smallest absolute Gasteiger partial charge is 0.353 e. The molecule has 0 amide bonds. The summed E-state index contributed by atoms with van der Waals surface area (Å²) in [6, 6.07) is 8.60. The maximum absolute atomic E-state index is 11.6. The number of hydrogen-bond acceptors (Lipinski definition) is 3. The molecule has 0 unspecified atom stereocenters. The van der Waals surface area contributed by atoms with Crippen molar-refractivity contribution in [2.75, 3.05) is 0 Å². The molecule has 0 aliphatic rings. The number of esters is 1. The highest BCUT2D eigenvalue weighted by Crippen LogP contribution is 2.28. The molecule has 2 nitrogen and oxygen atoms in total. The van der Waals surface area contributed by atoms with Crippen LogP contribution in [0.3, 0.4) is 0 Å². The highest BCUT2D eigenvalue weighted by molar-refractivity contribution is 9.10. The number of halogens is 2. The van der Waals surface area contributed by atoms with Gasteiger partial charge in [0.05, 0.1) is 5.02 Å². The van der Waals surface area contributed by atoms with E-state index >= 15 is 0 Å². The molecule has 2 aromatic rings. The van der Waals surface area contributed by atoms with E-state index in [0.29, 0.717) is 15.6 Å². The van der Waals surface area contributed by atoms with Gasteiger partial charge in [-0.3, -0.25) is 0 Å². The molecule has 0 N–H and O–H groups in total. The fraction of sp³-hybridized carbons (Fsp3) is 0. The molecule has 5 heteroatoms. The van der Waals surface area contributed by atoms with Crippen molar-refractivity contribution < 1.29 is 9.53 Å². The topological polar surface area (TPSA) is 26.3 Å². The summed E-state index contributed by atoms with van der Waals surface area (Å²) in [5, 5.41) is 2.22. The number of thiophene rings is 1. The van der Waals surface area contributed by atoms with Gasteiger partial charge in [0.15, 0.2) is 0 Å². The van der Waals surface area contributed by atoms with Gasteiger partial charge in [-0.05, 0) is 29.6 Å². The minimum Gasteiger partial charge on any atom is -0.421 e. The Morgan fingerprint density at radius 2 is 2.19 bits per heavy atom. The Morgan fingerprint density at radius 1 is 1.38 bits per heavy atom. The van der Waals surface area contributed by atoms with Crippen LogP contribution in [0.4, 0.5) is 0 Å². The lowest BCUT2D eigenvalue weighted by atomic mass is 10.3. The second-order valence-electron chi connectivity index (χ2n) is 2.94. The number of hydrogen-bond donors (Lipinski definition) is 0. The first-order chi connectivity index (χ1) is 7.66. The van der Waals surface area contributed by atoms with Gasteiger partial charge in [-0.15, -0.1) is 11.3 Å². The van der Waals surface area contributed by atoms with Crippen LogP contribution in [0, 0.1) is 0 Å². The third kappa shape index (κ3) is 2.64. The maximum atomic E-state index is 11.6. The average molecular weight is 318 g/mol. The van der Waals surface area contributed by atoms with Gasteiger partial charge in [0.25, 0.3) is 0 Å². The molecule has 0 saturated heterocycles. The lowest BCUT2D eigenvalue weighted by Gasteiger charge is -2.04. The molecule has 82 valence electrons. The van der Waals surface area contributed by atoms with Gasteiger partial charge in [0.1, 0.15) is 10.6 Å². The fourth-order valence-corrected chi connectivity index (χ4v) is 2.41. The Bertz CT molecular complexity index is 511. The van der Waals surface area contributed by atoms with Crippen LogP contribution < -0.4 is 4.74 Å². The summed E-state index contributed by atoms with van der Waals surface area (Å²) in [6.07, 6.45) is 0. The Morgan fingerprint density at radius 3 is 2.81 bits per heavy atom. The fourth-order valence-electron chi connectivity index (χ4n) is 1.10. The molecule has 1 aromatic carbocycles. The molecule has 0 fully saturated rings. The van der Waals surface area contributed by atoms with Gasteiger partial charge in [-0.25, -0.2) is 4.79 Å². The summed E-state index contributed by atoms with van der Waals surface area (Å²) in [5.74, 6) is -0.0255. The van der Waals surface area contributed by atoms with E-state index in [2.05, 4.69) is 15.9 Å². The minimum absolute atomic E-state index is 0.364. The van der Waals surface area contributed by atoms with Gasteiger partial charge in [0.2, 0.25) is 0 Å². The Kier molecular flexibility index (Phi) is 3.63. The van der Waals surface area contributed by atoms with Crippen LogP contribution in [0.2, 0.25) is 5.02 Å². The van der Waals surface area contributed by atoms with Crippen LogP contribution >= 0.6 is 38.9 Å². The zero-order valence-electron chi connectivity index (χ0n) is 7.94. The predicted molar refractivity (Wildman–Crippen MR) is 68.4 cm³/mol. The highest BCUT2D eigenvalue weighted by Gasteiger charge is 2.11. The van der Waals surface area contributed by atoms with Crippen LogP contribution in [0.5, 0.6) is 5.75 Å². The van der Waals surface area contributed by atoms with Crippen molar-refractivity contribution in [3.63, 3.8) is 0 Å². The molecule has 0 bridgehead atoms. The van der Waals surface area contributed by atoms with Gasteiger partial charge < -0.3 is 4.74 Å². The van der Waals surface area contributed by atoms with Crippen LogP contribution in [0.15, 0.2) is 40.2 Å². The van der Waals surface area contributed by atoms with Crippen molar-refractivity contribution in [2.45, 2.75) is 0 Å². The lowest BCUT2D eigenvalue weighted by molar-refractivity contribution is 0.0740. The normalized spacial score (nSPS) is 10.1. The first-order valence-electron chi connectivity index (χ1n) is 4.37. The molecule has 16 heavy (non-hydrogen) atoms. The molecular weight excluding hydrogens is 312 g/mol. The van der Waals surface area contributed by atoms with E-state index in [4.69, 9.17) is 16.3 Å². The highest BCUT2D eigenvalue weighted by atomic mass is 79.9. The zero-order chi connectivity index (χ0) is 11.5. The predicted octanol–water partition coefficient (Wildman–Crippen LogP) is 4.38. The van der Waals surface area contributed by atoms with E-state index in [1.165, 1.54) is 11.3 Å². The summed E-state index contributed by atoms with van der Waals surface area (Å²) in [7, 11) is 0. The summed E-state index contributed by atoms with van der Waals surface area (Å²) in [6.45, 7) is 0. The standard InChI is InChI=1S/C11H6BrClO2S/c12-7-3-4-9(8(13)6-7)15-11(14)10-2-1-5-16-10/h1-6H. The van der Waals surface area contributed by atoms with Gasteiger partial charge >= 0.3 is 5.97 Å². The third-order valence-corrected chi connectivity index (χ3v) is 3.46. The van der Waals surface area contributed by atoms with Crippen molar-refractivity contribution in [1.29, 1.82) is 0 Å². The monoisotopic (exact) mass is 316 g/mol. The molecule has 1 aromatic heterocycles. The quantitative estimate of drug-likeness (QED) is 0.607. The number of ether oxygens (including phenoxy) is 1. The Labute approximate surface area is 110 Å². The molecular formula is C11H6BrClO2S. The largest absolute Gasteiger partial charge is 0.421 e. The summed E-state index contributed by atoms with van der Waals surface area (Å²) in [5.41, 5.74) is 0. The van der Waals surface area contributed by atoms with Crippen LogP contribution in [0.25, 0.3) is 0 Å². The number of benzene rings is 1. The van der Waals surface area contributed by atoms with E-state index in [0.717, 1.165) is 4.47 Å². The van der Waals surface area contributed by atoms with E-state index in [1.54, 1.807) is 30.3 Å². The summed E-state index contributed by atoms with van der Waals surface area (Å²) in [4.78, 5) is 12.2. The number of carbonyl (C=O) groups excluding carboxylic acids is 1. The van der Waals surface area contributed by atoms with E-state index in [1.807, 2.05) is 5.38 Å². The first kappa shape index (κ1) is 11.6. The Balaban J connectivity index is 2.18. The molecule has 0 atom stereocenters. The van der Waals surface area contributed by atoms with Crippen molar-refractivity contribution in [3.8, 4) is 5.75 Å². The molecule has 0 aliphatic heterocycles. The summed E-state index contributed by atoms with van der Waals surface area (Å²) < 4.78 is 6.00. The molecule has 0 radical (unpaired) electrons. The minimum atomic E-state index is -0.390. The van der Waals surface area contributed by atoms with Crippen LogP contribution in [-0.2, 0) is 0 Å². The maximum Gasteiger partial charge on any atom is 0.353 e. The van der Waals surface area contributed by atoms with E-state index < -0.39 is 0 Å². The Hall–Kier alpha value is -0.840. The van der Waals surface area contributed by atoms with Crippen LogP contribution in [-0.4, -0.2) is 5.97 Å². The summed E-state index contributed by atoms with van der Waals surface area (Å²) >= 11 is 10.5. The van der Waals surface area contributed by atoms with Gasteiger partial charge in [-0.1, -0.05) is 33.6 Å². The second-order valence-corrected chi connectivity index (χ2v) is 5.21. The van der Waals surface area contributed by atoms with Crippen molar-refractivity contribution in [2.24, 2.45) is 0 Å². The van der Waals surface area contributed by atoms with Crippen molar-refractivity contribution >= 4 is 44.8 Å². The van der Waals surface area contributed by atoms with Crippen LogP contribution in [0.1, 0.15) is 9.67 Å². The van der Waals surface area contributed by atoms with E-state index in [-0.39, 0.29) is 5.97 Å². The van der Waals surface area contributed by atoms with E-state index in [9.17, 15) is 4.79 Å². The second kappa shape index (κ2) is 4.99. The average Bonchev–Trinajstić information content (AvgIpc) is 2.75. The molecule has 1 heterocycles. The number of rotatable bonds is 2. The lowest BCUT2D eigenvalue weighted by Crippen LogP contribution is -2.06. The van der Waals surface area contributed by atoms with Gasteiger partial charge in [-0.2, -0.15) is 0 Å².